The molecule has 0 saturated heterocycles. The van der Waals surface area contributed by atoms with Crippen LogP contribution in [-0.2, 0) is 6.54 Å². The number of para-hydroxylation sites is 1. The Morgan fingerprint density at radius 3 is 3.00 bits per heavy atom. The second kappa shape index (κ2) is 3.92. The number of hydrogen-bond acceptors (Lipinski definition) is 2. The molecule has 0 atom stereocenters. The van der Waals surface area contributed by atoms with Crippen LogP contribution < -0.4 is 33.4 Å². The smallest absolute Gasteiger partial charge is 0.234 e. The number of nitrogens with zero attached hydrogens (tertiary/aromatic N) is 3. The van der Waals surface area contributed by atoms with Crippen LogP contribution in [0.4, 0.5) is 5.82 Å². The quantitative estimate of drug-likeness (QED) is 0.413. The highest BCUT2D eigenvalue weighted by Gasteiger charge is 2.24. The molecular formula is C11H12IN3. The number of benzene rings is 1. The monoisotopic (exact) mass is 313 g/mol. The molecular weight excluding hydrogens is 301 g/mol. The fourth-order valence-corrected chi connectivity index (χ4v) is 2.07. The minimum Gasteiger partial charge on any atom is -1.00 e. The first-order chi connectivity index (χ1) is 6.86. The van der Waals surface area contributed by atoms with Gasteiger partial charge in [-0.15, -0.1) is 4.98 Å². The number of rotatable bonds is 0. The van der Waals surface area contributed by atoms with E-state index in [-0.39, 0.29) is 24.0 Å². The summed E-state index contributed by atoms with van der Waals surface area (Å²) < 4.78 is 2.21. The molecule has 3 rings (SSSR count). The fourth-order valence-electron chi connectivity index (χ4n) is 2.07. The van der Waals surface area contributed by atoms with Gasteiger partial charge in [-0.05, 0) is 12.1 Å². The molecule has 0 unspecified atom stereocenters. The molecule has 0 spiro atoms. The maximum atomic E-state index is 4.42. The molecule has 0 radical (unpaired) electrons. The van der Waals surface area contributed by atoms with Gasteiger partial charge in [-0.25, -0.2) is 4.57 Å². The van der Waals surface area contributed by atoms with Crippen molar-refractivity contribution in [2.45, 2.75) is 6.54 Å². The molecule has 2 heterocycles. The molecule has 15 heavy (non-hydrogen) atoms. The average molecular weight is 313 g/mol. The van der Waals surface area contributed by atoms with E-state index in [0.29, 0.717) is 0 Å². The van der Waals surface area contributed by atoms with E-state index < -0.39 is 0 Å². The molecule has 0 fully saturated rings. The van der Waals surface area contributed by atoms with Gasteiger partial charge in [0.25, 0.3) is 0 Å². The van der Waals surface area contributed by atoms with E-state index >= 15 is 0 Å². The van der Waals surface area contributed by atoms with Crippen LogP contribution >= 0.6 is 0 Å². The van der Waals surface area contributed by atoms with Crippen LogP contribution in [0.1, 0.15) is 0 Å². The van der Waals surface area contributed by atoms with Crippen molar-refractivity contribution in [1.29, 1.82) is 0 Å². The van der Waals surface area contributed by atoms with Crippen LogP contribution in [0, 0.1) is 0 Å². The summed E-state index contributed by atoms with van der Waals surface area (Å²) >= 11 is 0. The second-order valence-corrected chi connectivity index (χ2v) is 3.70. The molecule has 3 nitrogen and oxygen atoms in total. The van der Waals surface area contributed by atoms with E-state index in [2.05, 4.69) is 39.7 Å². The first-order valence-electron chi connectivity index (χ1n) is 4.84. The minimum atomic E-state index is 0. The van der Waals surface area contributed by atoms with Crippen LogP contribution in [0.2, 0.25) is 0 Å². The van der Waals surface area contributed by atoms with Crippen LogP contribution in [0.3, 0.4) is 0 Å². The van der Waals surface area contributed by atoms with Crippen LogP contribution in [-0.4, -0.2) is 18.6 Å². The zero-order chi connectivity index (χ0) is 9.54. The number of fused-ring (bicyclic) bond motifs is 3. The lowest BCUT2D eigenvalue weighted by atomic mass is 10.2. The van der Waals surface area contributed by atoms with Crippen LogP contribution in [0.15, 0.2) is 30.6 Å². The molecule has 78 valence electrons. The Kier molecular flexibility index (Phi) is 2.77. The van der Waals surface area contributed by atoms with Crippen LogP contribution in [0.5, 0.6) is 0 Å². The number of halogens is 1. The number of anilines is 1. The van der Waals surface area contributed by atoms with Gasteiger partial charge in [-0.1, -0.05) is 12.1 Å². The Morgan fingerprint density at radius 1 is 1.33 bits per heavy atom. The summed E-state index contributed by atoms with van der Waals surface area (Å²) in [4.78, 5) is 6.71. The van der Waals surface area contributed by atoms with Crippen molar-refractivity contribution in [1.82, 2.24) is 4.98 Å². The van der Waals surface area contributed by atoms with Gasteiger partial charge in [0.15, 0.2) is 5.52 Å². The van der Waals surface area contributed by atoms with E-state index in [1.807, 2.05) is 12.4 Å². The van der Waals surface area contributed by atoms with Gasteiger partial charge in [0, 0.05) is 0 Å². The van der Waals surface area contributed by atoms with Gasteiger partial charge >= 0.3 is 0 Å². The topological polar surface area (TPSA) is 20.0 Å². The van der Waals surface area contributed by atoms with Crippen molar-refractivity contribution < 1.29 is 28.5 Å². The van der Waals surface area contributed by atoms with E-state index in [9.17, 15) is 0 Å². The summed E-state index contributed by atoms with van der Waals surface area (Å²) in [6, 6.07) is 8.29. The molecule has 0 N–H and O–H groups in total. The molecule has 0 amide bonds. The Morgan fingerprint density at radius 2 is 2.13 bits per heavy atom. The first kappa shape index (κ1) is 10.6. The lowest BCUT2D eigenvalue weighted by molar-refractivity contribution is -0.672. The van der Waals surface area contributed by atoms with Crippen molar-refractivity contribution in [2.24, 2.45) is 0 Å². The number of hydrogen-bond donors (Lipinski definition) is 0. The van der Waals surface area contributed by atoms with Crippen molar-refractivity contribution in [2.75, 3.05) is 18.5 Å². The lowest BCUT2D eigenvalue weighted by Crippen LogP contribution is -3.00. The van der Waals surface area contributed by atoms with Crippen molar-refractivity contribution >= 4 is 16.7 Å². The normalized spacial score (nSPS) is 13.8. The predicted molar refractivity (Wildman–Crippen MR) is 55.2 cm³/mol. The summed E-state index contributed by atoms with van der Waals surface area (Å²) in [5.74, 6) is 1.29. The molecule has 1 aromatic heterocycles. The highest BCUT2D eigenvalue weighted by molar-refractivity contribution is 5.87. The third-order valence-corrected chi connectivity index (χ3v) is 2.79. The van der Waals surface area contributed by atoms with Gasteiger partial charge in [-0.2, -0.15) is 0 Å². The van der Waals surface area contributed by atoms with Crippen molar-refractivity contribution in [3.63, 3.8) is 0 Å². The average Bonchev–Trinajstić information content (AvgIpc) is 2.61. The Bertz CT molecular complexity index is 498. The second-order valence-electron chi connectivity index (χ2n) is 3.70. The maximum absolute atomic E-state index is 4.42. The maximum Gasteiger partial charge on any atom is 0.234 e. The van der Waals surface area contributed by atoms with Gasteiger partial charge in [0.1, 0.15) is 6.54 Å². The number of likely N-dealkylation sites (N-methyl/N-ethyl adjacent to an activating group) is 1. The Labute approximate surface area is 106 Å². The third kappa shape index (κ3) is 1.56. The third-order valence-electron chi connectivity index (χ3n) is 2.79. The summed E-state index contributed by atoms with van der Waals surface area (Å²) in [7, 11) is 2.13. The molecule has 1 aliphatic rings. The largest absolute Gasteiger partial charge is 1.00 e. The molecule has 1 aromatic carbocycles. The van der Waals surface area contributed by atoms with Gasteiger partial charge in [0.05, 0.1) is 19.0 Å². The number of aromatic nitrogens is 2. The fraction of sp³-hybridized carbons (Fsp3) is 0.273. The summed E-state index contributed by atoms with van der Waals surface area (Å²) in [6.07, 6.45) is 1.93. The van der Waals surface area contributed by atoms with Crippen molar-refractivity contribution in [3.8, 4) is 0 Å². The van der Waals surface area contributed by atoms with E-state index in [4.69, 9.17) is 0 Å². The summed E-state index contributed by atoms with van der Waals surface area (Å²) in [5.41, 5.74) is 1.08. The molecule has 0 aliphatic carbocycles. The molecule has 0 bridgehead atoms. The lowest BCUT2D eigenvalue weighted by Gasteiger charge is -2.06. The highest BCUT2D eigenvalue weighted by atomic mass is 127. The molecule has 1 aliphatic heterocycles. The van der Waals surface area contributed by atoms with Crippen LogP contribution in [0.25, 0.3) is 10.9 Å². The van der Waals surface area contributed by atoms with Gasteiger partial charge in [-0.3, -0.25) is 4.90 Å². The summed E-state index contributed by atoms with van der Waals surface area (Å²) in [5, 5.41) is 1.25. The minimum absolute atomic E-state index is 0. The molecule has 4 heteroatoms. The van der Waals surface area contributed by atoms with Gasteiger partial charge in [0.2, 0.25) is 12.1 Å². The molecule has 0 saturated carbocycles. The van der Waals surface area contributed by atoms with Crippen molar-refractivity contribution in [3.05, 3.63) is 30.6 Å². The van der Waals surface area contributed by atoms with E-state index in [1.165, 1.54) is 11.2 Å². The zero-order valence-corrected chi connectivity index (χ0v) is 10.7. The highest BCUT2D eigenvalue weighted by Crippen LogP contribution is 2.22. The van der Waals surface area contributed by atoms with Gasteiger partial charge < -0.3 is 24.0 Å². The molecule has 2 aromatic rings. The predicted octanol–water partition coefficient (Wildman–Crippen LogP) is -2.02. The SMILES string of the molecule is CN1CC[n+]2cnc3ccccc3c21.[I-]. The standard InChI is InChI=1S/C11H12N3.HI/c1-13-6-7-14-8-12-10-5-3-2-4-9(10)11(13)14;/h2-5,8H,6-7H2,1H3;1H/q+1;/p-1. The Hall–Kier alpha value is -0.910. The summed E-state index contributed by atoms with van der Waals surface area (Å²) in [6.45, 7) is 2.12. The zero-order valence-electron chi connectivity index (χ0n) is 8.52. The van der Waals surface area contributed by atoms with E-state index in [1.54, 1.807) is 0 Å². The van der Waals surface area contributed by atoms with E-state index in [0.717, 1.165) is 18.6 Å². The Balaban J connectivity index is 0.000000853. The first-order valence-corrected chi connectivity index (χ1v) is 4.84.